The van der Waals surface area contributed by atoms with E-state index in [-0.39, 0.29) is 23.8 Å². The molecule has 0 saturated heterocycles. The first-order valence-corrected chi connectivity index (χ1v) is 7.63. The molecule has 0 saturated carbocycles. The molecule has 0 bridgehead atoms. The molecule has 1 aromatic carbocycles. The molecule has 0 aliphatic rings. The lowest BCUT2D eigenvalue weighted by Gasteiger charge is -2.26. The number of halogens is 6. The number of ketones is 1. The van der Waals surface area contributed by atoms with Gasteiger partial charge in [0.25, 0.3) is 0 Å². The van der Waals surface area contributed by atoms with Crippen LogP contribution in [0.4, 0.5) is 26.3 Å². The molecule has 0 unspecified atom stereocenters. The maximum atomic E-state index is 12.9. The first-order valence-electron chi connectivity index (χ1n) is 7.63. The minimum absolute atomic E-state index is 0.0706. The van der Waals surface area contributed by atoms with Crippen molar-refractivity contribution < 1.29 is 31.1 Å². The van der Waals surface area contributed by atoms with Crippen LogP contribution in [0, 0.1) is 0 Å². The van der Waals surface area contributed by atoms with Crippen LogP contribution in [0.2, 0.25) is 0 Å². The third-order valence-corrected chi connectivity index (χ3v) is 4.01. The number of rotatable bonds is 6. The van der Waals surface area contributed by atoms with Crippen LogP contribution in [0.25, 0.3) is 0 Å². The Morgan fingerprint density at radius 1 is 0.833 bits per heavy atom. The van der Waals surface area contributed by atoms with Gasteiger partial charge in [-0.05, 0) is 44.0 Å². The highest BCUT2D eigenvalue weighted by molar-refractivity contribution is 5.89. The van der Waals surface area contributed by atoms with Crippen LogP contribution < -0.4 is 0 Å². The second kappa shape index (κ2) is 7.15. The topological polar surface area (TPSA) is 17.1 Å². The lowest BCUT2D eigenvalue weighted by atomic mass is 9.77. The molecule has 0 amide bonds. The van der Waals surface area contributed by atoms with Gasteiger partial charge in [0.05, 0.1) is 11.1 Å². The van der Waals surface area contributed by atoms with Gasteiger partial charge in [0, 0.05) is 11.8 Å². The quantitative estimate of drug-likeness (QED) is 0.442. The molecule has 0 fully saturated rings. The second-order valence-electron chi connectivity index (χ2n) is 6.30. The Balaban J connectivity index is 3.33. The molecule has 0 aliphatic carbocycles. The average Bonchev–Trinajstić information content (AvgIpc) is 2.45. The first-order chi connectivity index (χ1) is 10.8. The summed E-state index contributed by atoms with van der Waals surface area (Å²) in [7, 11) is 0. The molecule has 1 aromatic rings. The number of alkyl halides is 6. The smallest absolute Gasteiger partial charge is 0.299 e. The Bertz CT molecular complexity index is 551. The van der Waals surface area contributed by atoms with Gasteiger partial charge in [-0.1, -0.05) is 19.8 Å². The Morgan fingerprint density at radius 3 is 1.62 bits per heavy atom. The number of carbonyl (C=O) groups excluding carboxylic acids is 1. The molecular weight excluding hydrogens is 334 g/mol. The zero-order chi connectivity index (χ0) is 18.8. The Labute approximate surface area is 137 Å². The predicted molar refractivity (Wildman–Crippen MR) is 78.6 cm³/mol. The molecule has 1 nitrogen and oxygen atoms in total. The molecule has 0 aromatic heterocycles. The van der Waals surface area contributed by atoms with Crippen LogP contribution in [0.5, 0.6) is 0 Å². The van der Waals surface area contributed by atoms with Crippen molar-refractivity contribution in [2.45, 2.75) is 64.2 Å². The Morgan fingerprint density at radius 2 is 1.25 bits per heavy atom. The van der Waals surface area contributed by atoms with Crippen molar-refractivity contribution in [1.82, 2.24) is 0 Å². The van der Waals surface area contributed by atoms with Gasteiger partial charge in [0.15, 0.2) is 0 Å². The highest BCUT2D eigenvalue weighted by Crippen LogP contribution is 2.39. The molecule has 0 atom stereocenters. The van der Waals surface area contributed by atoms with Gasteiger partial charge in [0.2, 0.25) is 0 Å². The van der Waals surface area contributed by atoms with Crippen molar-refractivity contribution in [3.05, 3.63) is 34.9 Å². The van der Waals surface area contributed by atoms with E-state index in [0.29, 0.717) is 18.6 Å². The summed E-state index contributed by atoms with van der Waals surface area (Å²) in [5.74, 6) is -0.372. The van der Waals surface area contributed by atoms with E-state index < -0.39 is 28.9 Å². The molecule has 0 spiro atoms. The highest BCUT2D eigenvalue weighted by atomic mass is 19.4. The monoisotopic (exact) mass is 354 g/mol. The van der Waals surface area contributed by atoms with E-state index in [9.17, 15) is 31.1 Å². The van der Waals surface area contributed by atoms with E-state index in [2.05, 4.69) is 0 Å². The van der Waals surface area contributed by atoms with E-state index >= 15 is 0 Å². The van der Waals surface area contributed by atoms with Crippen molar-refractivity contribution in [3.8, 4) is 0 Å². The van der Waals surface area contributed by atoms with Crippen molar-refractivity contribution >= 4 is 5.78 Å². The number of hydrogen-bond acceptors (Lipinski definition) is 1. The lowest BCUT2D eigenvalue weighted by Crippen LogP contribution is -2.30. The maximum absolute atomic E-state index is 12.9. The molecule has 24 heavy (non-hydrogen) atoms. The number of hydrogen-bond donors (Lipinski definition) is 0. The largest absolute Gasteiger partial charge is 0.416 e. The van der Waals surface area contributed by atoms with Crippen LogP contribution in [0.1, 0.15) is 63.1 Å². The second-order valence-corrected chi connectivity index (χ2v) is 6.30. The standard InChI is InChI=1S/C17H20F6O/c1-4-5-6-7-14(24)15(2,3)11-8-12(16(18,19)20)10-13(9-11)17(21,22)23/h8-10H,4-7H2,1-3H3. The summed E-state index contributed by atoms with van der Waals surface area (Å²) >= 11 is 0. The third-order valence-electron chi connectivity index (χ3n) is 4.01. The summed E-state index contributed by atoms with van der Waals surface area (Å²) in [6, 6.07) is 1.33. The molecular formula is C17H20F6O. The molecule has 0 aliphatic heterocycles. The molecule has 0 heterocycles. The van der Waals surface area contributed by atoms with Gasteiger partial charge in [-0.2, -0.15) is 26.3 Å². The van der Waals surface area contributed by atoms with Gasteiger partial charge in [0.1, 0.15) is 5.78 Å². The summed E-state index contributed by atoms with van der Waals surface area (Å²) in [6.07, 6.45) is -7.52. The van der Waals surface area contributed by atoms with Crippen molar-refractivity contribution in [2.24, 2.45) is 0 Å². The SMILES string of the molecule is CCCCCC(=O)C(C)(C)c1cc(C(F)(F)F)cc(C(F)(F)F)c1. The number of unbranched alkanes of at least 4 members (excludes halogenated alkanes) is 2. The molecule has 0 N–H and O–H groups in total. The fourth-order valence-electron chi connectivity index (χ4n) is 2.32. The predicted octanol–water partition coefficient (Wildman–Crippen LogP) is 6.15. The number of carbonyl (C=O) groups is 1. The molecule has 7 heteroatoms. The fraction of sp³-hybridized carbons (Fsp3) is 0.588. The van der Waals surface area contributed by atoms with Crippen molar-refractivity contribution in [2.75, 3.05) is 0 Å². The lowest BCUT2D eigenvalue weighted by molar-refractivity contribution is -0.143. The van der Waals surface area contributed by atoms with Gasteiger partial charge >= 0.3 is 12.4 Å². The summed E-state index contributed by atoms with van der Waals surface area (Å²) in [6.45, 7) is 4.64. The van der Waals surface area contributed by atoms with E-state index in [1.165, 1.54) is 13.8 Å². The Kier molecular flexibility index (Phi) is 6.11. The highest BCUT2D eigenvalue weighted by Gasteiger charge is 2.39. The fourth-order valence-corrected chi connectivity index (χ4v) is 2.32. The Hall–Kier alpha value is -1.53. The third kappa shape index (κ3) is 4.98. The maximum Gasteiger partial charge on any atom is 0.416 e. The summed E-state index contributed by atoms with van der Waals surface area (Å²) in [4.78, 5) is 12.3. The summed E-state index contributed by atoms with van der Waals surface area (Å²) in [5.41, 5.74) is -4.50. The zero-order valence-electron chi connectivity index (χ0n) is 13.7. The normalized spacial score (nSPS) is 13.2. The van der Waals surface area contributed by atoms with Crippen LogP contribution in [-0.4, -0.2) is 5.78 Å². The number of benzene rings is 1. The van der Waals surface area contributed by atoms with Crippen molar-refractivity contribution in [3.63, 3.8) is 0 Å². The van der Waals surface area contributed by atoms with Gasteiger partial charge < -0.3 is 0 Å². The van der Waals surface area contributed by atoms with Gasteiger partial charge in [-0.25, -0.2) is 0 Å². The average molecular weight is 354 g/mol. The van der Waals surface area contributed by atoms with E-state index in [4.69, 9.17) is 0 Å². The number of Topliss-reactive ketones (excluding diaryl/α,β-unsaturated/α-hetero) is 1. The van der Waals surface area contributed by atoms with Crippen LogP contribution in [-0.2, 0) is 22.6 Å². The summed E-state index contributed by atoms with van der Waals surface area (Å²) < 4.78 is 77.5. The van der Waals surface area contributed by atoms with Crippen LogP contribution >= 0.6 is 0 Å². The van der Waals surface area contributed by atoms with Crippen LogP contribution in [0.3, 0.4) is 0 Å². The molecule has 1 rings (SSSR count). The zero-order valence-corrected chi connectivity index (χ0v) is 13.7. The van der Waals surface area contributed by atoms with Crippen molar-refractivity contribution in [1.29, 1.82) is 0 Å². The summed E-state index contributed by atoms with van der Waals surface area (Å²) in [5, 5.41) is 0. The van der Waals surface area contributed by atoms with Gasteiger partial charge in [-0.15, -0.1) is 0 Å². The first kappa shape index (κ1) is 20.5. The molecule has 0 radical (unpaired) electrons. The van der Waals surface area contributed by atoms with E-state index in [0.717, 1.165) is 12.8 Å². The van der Waals surface area contributed by atoms with Gasteiger partial charge in [-0.3, -0.25) is 4.79 Å². The minimum Gasteiger partial charge on any atom is -0.299 e. The van der Waals surface area contributed by atoms with E-state index in [1.54, 1.807) is 0 Å². The van der Waals surface area contributed by atoms with Crippen LogP contribution in [0.15, 0.2) is 18.2 Å². The minimum atomic E-state index is -4.92. The molecule has 136 valence electrons. The van der Waals surface area contributed by atoms with E-state index in [1.807, 2.05) is 6.92 Å².